The van der Waals surface area contributed by atoms with E-state index in [-0.39, 0.29) is 16.1 Å². The first-order valence-corrected chi connectivity index (χ1v) is 6.83. The normalized spacial score (nSPS) is 12.5. The number of sulfonamides is 1. The van der Waals surface area contributed by atoms with Gasteiger partial charge in [0.2, 0.25) is 15.9 Å². The summed E-state index contributed by atoms with van der Waals surface area (Å²) in [6, 6.07) is 4.76. The van der Waals surface area contributed by atoms with Gasteiger partial charge in [-0.3, -0.25) is 4.79 Å². The van der Waals surface area contributed by atoms with E-state index in [1.165, 1.54) is 32.2 Å². The van der Waals surface area contributed by atoms with Gasteiger partial charge in [0.25, 0.3) is 0 Å². The number of amides is 1. The van der Waals surface area contributed by atoms with Crippen molar-refractivity contribution >= 4 is 21.6 Å². The van der Waals surface area contributed by atoms with E-state index in [9.17, 15) is 13.2 Å². The lowest BCUT2D eigenvalue weighted by Crippen LogP contribution is -2.43. The summed E-state index contributed by atoms with van der Waals surface area (Å²) >= 11 is 0. The van der Waals surface area contributed by atoms with Crippen LogP contribution in [-0.2, 0) is 14.8 Å². The largest absolute Gasteiger partial charge is 0.398 e. The average Bonchev–Trinajstić information content (AvgIpc) is 2.36. The molecule has 0 saturated carbocycles. The van der Waals surface area contributed by atoms with E-state index in [0.717, 1.165) is 0 Å². The highest BCUT2D eigenvalue weighted by atomic mass is 32.2. The second-order valence-electron chi connectivity index (χ2n) is 3.82. The number of likely N-dealkylation sites (N-methyl/N-ethyl adjacent to an activating group) is 1. The van der Waals surface area contributed by atoms with Crippen LogP contribution in [0.2, 0.25) is 0 Å². The Bertz CT molecular complexity index is 634. The van der Waals surface area contributed by atoms with Gasteiger partial charge in [-0.25, -0.2) is 8.42 Å². The Morgan fingerprint density at radius 3 is 2.58 bits per heavy atom. The third-order valence-electron chi connectivity index (χ3n) is 2.40. The van der Waals surface area contributed by atoms with E-state index in [0.29, 0.717) is 0 Å². The first-order chi connectivity index (χ1) is 8.81. The molecule has 0 aromatic heterocycles. The summed E-state index contributed by atoms with van der Waals surface area (Å²) in [6.07, 6.45) is 0. The molecule has 19 heavy (non-hydrogen) atoms. The van der Waals surface area contributed by atoms with Crippen molar-refractivity contribution in [2.45, 2.75) is 17.9 Å². The van der Waals surface area contributed by atoms with E-state index in [2.05, 4.69) is 10.0 Å². The molecule has 1 unspecified atom stereocenters. The molecule has 102 valence electrons. The summed E-state index contributed by atoms with van der Waals surface area (Å²) in [7, 11) is -2.51. The van der Waals surface area contributed by atoms with Crippen molar-refractivity contribution in [1.29, 1.82) is 5.26 Å². The van der Waals surface area contributed by atoms with Crippen LogP contribution in [-0.4, -0.2) is 27.4 Å². The van der Waals surface area contributed by atoms with Crippen molar-refractivity contribution in [3.05, 3.63) is 23.8 Å². The SMILES string of the molecule is CNC(=O)C(C)NS(=O)(=O)c1ccc(C#N)cc1N. The van der Waals surface area contributed by atoms with Gasteiger partial charge in [0, 0.05) is 7.05 Å². The Hall–Kier alpha value is -2.11. The number of nitrogens with two attached hydrogens (primary N) is 1. The molecule has 4 N–H and O–H groups in total. The monoisotopic (exact) mass is 282 g/mol. The fraction of sp³-hybridized carbons (Fsp3) is 0.273. The van der Waals surface area contributed by atoms with Gasteiger partial charge in [-0.15, -0.1) is 0 Å². The van der Waals surface area contributed by atoms with E-state index in [4.69, 9.17) is 11.0 Å². The zero-order chi connectivity index (χ0) is 14.6. The maximum atomic E-state index is 12.0. The van der Waals surface area contributed by atoms with Crippen LogP contribution >= 0.6 is 0 Å². The molecular weight excluding hydrogens is 268 g/mol. The molecule has 0 saturated heterocycles. The highest BCUT2D eigenvalue weighted by Crippen LogP contribution is 2.19. The quantitative estimate of drug-likeness (QED) is 0.645. The maximum Gasteiger partial charge on any atom is 0.243 e. The fourth-order valence-corrected chi connectivity index (χ4v) is 2.74. The van der Waals surface area contributed by atoms with Crippen LogP contribution in [0.4, 0.5) is 5.69 Å². The number of benzene rings is 1. The third kappa shape index (κ3) is 3.43. The van der Waals surface area contributed by atoms with Gasteiger partial charge in [-0.05, 0) is 25.1 Å². The maximum absolute atomic E-state index is 12.0. The number of nitrogens with one attached hydrogen (secondary N) is 2. The molecule has 0 radical (unpaired) electrons. The second-order valence-corrected chi connectivity index (χ2v) is 5.50. The van der Waals surface area contributed by atoms with Crippen LogP contribution in [0.25, 0.3) is 0 Å². The van der Waals surface area contributed by atoms with Gasteiger partial charge >= 0.3 is 0 Å². The highest BCUT2D eigenvalue weighted by Gasteiger charge is 2.23. The van der Waals surface area contributed by atoms with Crippen LogP contribution in [0.1, 0.15) is 12.5 Å². The van der Waals surface area contributed by atoms with E-state index in [1.54, 1.807) is 0 Å². The molecule has 1 amide bonds. The molecule has 0 heterocycles. The molecule has 1 rings (SSSR count). The van der Waals surface area contributed by atoms with Crippen molar-refractivity contribution in [3.63, 3.8) is 0 Å². The molecule has 0 fully saturated rings. The molecule has 8 heteroatoms. The third-order valence-corrected chi connectivity index (χ3v) is 4.01. The van der Waals surface area contributed by atoms with Crippen molar-refractivity contribution in [2.24, 2.45) is 0 Å². The van der Waals surface area contributed by atoms with Crippen LogP contribution in [0.5, 0.6) is 0 Å². The number of carbonyl (C=O) groups is 1. The number of hydrogen-bond acceptors (Lipinski definition) is 5. The lowest BCUT2D eigenvalue weighted by atomic mass is 10.2. The Morgan fingerprint density at radius 1 is 1.47 bits per heavy atom. The highest BCUT2D eigenvalue weighted by molar-refractivity contribution is 7.89. The molecule has 1 aromatic rings. The molecule has 0 aliphatic rings. The summed E-state index contributed by atoms with van der Waals surface area (Å²) < 4.78 is 26.3. The number of rotatable bonds is 4. The number of nitrogens with zero attached hydrogens (tertiary/aromatic N) is 1. The molecule has 0 bridgehead atoms. The van der Waals surface area contributed by atoms with Crippen LogP contribution in [0.15, 0.2) is 23.1 Å². The molecule has 1 atom stereocenters. The van der Waals surface area contributed by atoms with E-state index in [1.807, 2.05) is 6.07 Å². The zero-order valence-electron chi connectivity index (χ0n) is 10.5. The van der Waals surface area contributed by atoms with Crippen LogP contribution < -0.4 is 15.8 Å². The smallest absolute Gasteiger partial charge is 0.243 e. The summed E-state index contributed by atoms with van der Waals surface area (Å²) in [5.74, 6) is -0.462. The minimum absolute atomic E-state index is 0.0457. The van der Waals surface area contributed by atoms with Gasteiger partial charge in [0.1, 0.15) is 4.90 Å². The number of hydrogen-bond donors (Lipinski definition) is 3. The standard InChI is InChI=1S/C11H14N4O3S/c1-7(11(16)14-2)15-19(17,18)10-4-3-8(6-12)5-9(10)13/h3-5,7,15H,13H2,1-2H3,(H,14,16). The van der Waals surface area contributed by atoms with Crippen molar-refractivity contribution in [2.75, 3.05) is 12.8 Å². The summed E-state index contributed by atoms with van der Waals surface area (Å²) in [5, 5.41) is 11.0. The Kier molecular flexibility index (Phi) is 4.47. The number of anilines is 1. The first kappa shape index (κ1) is 14.9. The summed E-state index contributed by atoms with van der Waals surface area (Å²) in [6.45, 7) is 1.41. The predicted octanol–water partition coefficient (Wildman–Crippen LogP) is -0.447. The average molecular weight is 282 g/mol. The van der Waals surface area contributed by atoms with Gasteiger partial charge in [0.05, 0.1) is 23.4 Å². The van der Waals surface area contributed by atoms with E-state index >= 15 is 0 Å². The van der Waals surface area contributed by atoms with Crippen LogP contribution in [0, 0.1) is 11.3 Å². The molecule has 7 nitrogen and oxygen atoms in total. The van der Waals surface area contributed by atoms with Gasteiger partial charge in [0.15, 0.2) is 0 Å². The van der Waals surface area contributed by atoms with Gasteiger partial charge in [-0.1, -0.05) is 0 Å². The minimum atomic E-state index is -3.92. The Labute approximate surface area is 111 Å². The first-order valence-electron chi connectivity index (χ1n) is 5.35. The van der Waals surface area contributed by atoms with Crippen molar-refractivity contribution in [3.8, 4) is 6.07 Å². The number of nitriles is 1. The molecule has 1 aromatic carbocycles. The second kappa shape index (κ2) is 5.69. The van der Waals surface area contributed by atoms with Crippen LogP contribution in [0.3, 0.4) is 0 Å². The topological polar surface area (TPSA) is 125 Å². The number of nitrogen functional groups attached to an aromatic ring is 1. The number of carbonyl (C=O) groups excluding carboxylic acids is 1. The zero-order valence-corrected chi connectivity index (χ0v) is 11.3. The lowest BCUT2D eigenvalue weighted by molar-refractivity contribution is -0.121. The van der Waals surface area contributed by atoms with E-state index < -0.39 is 22.0 Å². The lowest BCUT2D eigenvalue weighted by Gasteiger charge is -2.14. The molecule has 0 aliphatic carbocycles. The Morgan fingerprint density at radius 2 is 2.11 bits per heavy atom. The predicted molar refractivity (Wildman–Crippen MR) is 69.4 cm³/mol. The summed E-state index contributed by atoms with van der Waals surface area (Å²) in [4.78, 5) is 11.1. The molecular formula is C11H14N4O3S. The molecule has 0 aliphatic heterocycles. The molecule has 0 spiro atoms. The minimum Gasteiger partial charge on any atom is -0.398 e. The fourth-order valence-electron chi connectivity index (χ4n) is 1.43. The summed E-state index contributed by atoms with van der Waals surface area (Å²) in [5.41, 5.74) is 5.81. The Balaban J connectivity index is 3.08. The van der Waals surface area contributed by atoms with Gasteiger partial charge < -0.3 is 11.1 Å². The van der Waals surface area contributed by atoms with Crippen molar-refractivity contribution < 1.29 is 13.2 Å². The van der Waals surface area contributed by atoms with Crippen molar-refractivity contribution in [1.82, 2.24) is 10.0 Å². The van der Waals surface area contributed by atoms with Gasteiger partial charge in [-0.2, -0.15) is 9.98 Å².